The maximum atomic E-state index is 12.5. The summed E-state index contributed by atoms with van der Waals surface area (Å²) in [6, 6.07) is 10.5. The monoisotopic (exact) mass is 382 g/mol. The zero-order chi connectivity index (χ0) is 19.8. The molecule has 3 rings (SSSR count). The predicted molar refractivity (Wildman–Crippen MR) is 107 cm³/mol. The Morgan fingerprint density at radius 3 is 2.43 bits per heavy atom. The minimum Gasteiger partial charge on any atom is -0.494 e. The molecule has 1 aliphatic heterocycles. The Bertz CT molecular complexity index is 772. The minimum absolute atomic E-state index is 0.0436. The fourth-order valence-electron chi connectivity index (χ4n) is 3.23. The van der Waals surface area contributed by atoms with Gasteiger partial charge in [-0.15, -0.1) is 0 Å². The van der Waals surface area contributed by atoms with E-state index in [1.54, 1.807) is 24.5 Å². The van der Waals surface area contributed by atoms with Gasteiger partial charge in [0.15, 0.2) is 0 Å². The van der Waals surface area contributed by atoms with Crippen LogP contribution in [0.5, 0.6) is 5.75 Å². The van der Waals surface area contributed by atoms with Crippen molar-refractivity contribution in [3.05, 3.63) is 54.4 Å². The lowest BCUT2D eigenvalue weighted by Gasteiger charge is -2.32. The van der Waals surface area contributed by atoms with Gasteiger partial charge in [-0.05, 0) is 62.1 Å². The van der Waals surface area contributed by atoms with Crippen LogP contribution >= 0.6 is 0 Å². The van der Waals surface area contributed by atoms with Crippen molar-refractivity contribution in [3.8, 4) is 5.75 Å². The zero-order valence-corrected chi connectivity index (χ0v) is 16.1. The summed E-state index contributed by atoms with van der Waals surface area (Å²) in [6.45, 7) is 4.54. The molecular weight excluding hydrogens is 356 g/mol. The quantitative estimate of drug-likeness (QED) is 0.804. The van der Waals surface area contributed by atoms with Crippen molar-refractivity contribution in [1.82, 2.24) is 15.2 Å². The molecule has 2 N–H and O–H groups in total. The van der Waals surface area contributed by atoms with E-state index in [1.165, 1.54) is 0 Å². The maximum absolute atomic E-state index is 12.5. The largest absolute Gasteiger partial charge is 0.494 e. The molecule has 0 atom stereocenters. The Hall–Kier alpha value is -3.09. The molecule has 2 heterocycles. The van der Waals surface area contributed by atoms with Crippen molar-refractivity contribution >= 4 is 17.6 Å². The Morgan fingerprint density at radius 1 is 1.11 bits per heavy atom. The number of hydrogen-bond donors (Lipinski definition) is 2. The molecule has 0 radical (unpaired) electrons. The van der Waals surface area contributed by atoms with E-state index in [4.69, 9.17) is 4.74 Å². The molecule has 1 saturated heterocycles. The summed E-state index contributed by atoms with van der Waals surface area (Å²) in [4.78, 5) is 30.4. The van der Waals surface area contributed by atoms with Crippen molar-refractivity contribution in [1.29, 1.82) is 0 Å². The number of likely N-dealkylation sites (tertiary alicyclic amines) is 1. The third-order valence-electron chi connectivity index (χ3n) is 4.80. The highest BCUT2D eigenvalue weighted by Gasteiger charge is 2.23. The predicted octanol–water partition coefficient (Wildman–Crippen LogP) is 3.15. The Kier molecular flexibility index (Phi) is 6.84. The molecule has 28 heavy (non-hydrogen) atoms. The van der Waals surface area contributed by atoms with E-state index in [0.717, 1.165) is 24.3 Å². The fraction of sp³-hybridized carbons (Fsp3) is 0.381. The van der Waals surface area contributed by atoms with Gasteiger partial charge < -0.3 is 20.3 Å². The van der Waals surface area contributed by atoms with E-state index in [2.05, 4.69) is 15.6 Å². The first-order valence-electron chi connectivity index (χ1n) is 9.62. The van der Waals surface area contributed by atoms with Crippen LogP contribution in [0.4, 0.5) is 10.5 Å². The molecule has 0 saturated carbocycles. The number of urea groups is 1. The standard InChI is InChI=1S/C21H26N4O3/c1-2-28-19-5-3-18(4-6-19)24-21(27)23-15-16-9-13-25(14-10-16)20(26)17-7-11-22-12-8-17/h3-8,11-12,16H,2,9-10,13-15H2,1H3,(H2,23,24,27). The number of carbonyl (C=O) groups is 2. The van der Waals surface area contributed by atoms with Gasteiger partial charge in [-0.1, -0.05) is 0 Å². The number of rotatable bonds is 6. The van der Waals surface area contributed by atoms with E-state index in [9.17, 15) is 9.59 Å². The number of benzene rings is 1. The molecular formula is C21H26N4O3. The van der Waals surface area contributed by atoms with E-state index in [0.29, 0.717) is 37.7 Å². The summed E-state index contributed by atoms with van der Waals surface area (Å²) in [5.41, 5.74) is 1.39. The first-order chi connectivity index (χ1) is 13.7. The number of pyridine rings is 1. The van der Waals surface area contributed by atoms with Gasteiger partial charge >= 0.3 is 6.03 Å². The second-order valence-corrected chi connectivity index (χ2v) is 6.76. The third-order valence-corrected chi connectivity index (χ3v) is 4.80. The number of carbonyl (C=O) groups excluding carboxylic acids is 2. The maximum Gasteiger partial charge on any atom is 0.319 e. The van der Waals surface area contributed by atoms with Crippen molar-refractivity contribution in [2.75, 3.05) is 31.6 Å². The summed E-state index contributed by atoms with van der Waals surface area (Å²) in [7, 11) is 0. The number of amides is 3. The topological polar surface area (TPSA) is 83.6 Å². The van der Waals surface area contributed by atoms with Gasteiger partial charge in [0, 0.05) is 43.3 Å². The molecule has 1 aromatic heterocycles. The highest BCUT2D eigenvalue weighted by Crippen LogP contribution is 2.19. The molecule has 0 spiro atoms. The van der Waals surface area contributed by atoms with Crippen LogP contribution in [0.3, 0.4) is 0 Å². The summed E-state index contributed by atoms with van der Waals surface area (Å²) >= 11 is 0. The Morgan fingerprint density at radius 2 is 1.79 bits per heavy atom. The van der Waals surface area contributed by atoms with Crippen LogP contribution in [0.1, 0.15) is 30.1 Å². The lowest BCUT2D eigenvalue weighted by molar-refractivity contribution is 0.0690. The lowest BCUT2D eigenvalue weighted by Crippen LogP contribution is -2.42. The summed E-state index contributed by atoms with van der Waals surface area (Å²) < 4.78 is 5.39. The average Bonchev–Trinajstić information content (AvgIpc) is 2.74. The molecule has 0 bridgehead atoms. The van der Waals surface area contributed by atoms with Crippen LogP contribution < -0.4 is 15.4 Å². The van der Waals surface area contributed by atoms with E-state index >= 15 is 0 Å². The lowest BCUT2D eigenvalue weighted by atomic mass is 9.96. The number of nitrogens with zero attached hydrogens (tertiary/aromatic N) is 2. The number of ether oxygens (including phenoxy) is 1. The molecule has 2 aromatic rings. The van der Waals surface area contributed by atoms with Gasteiger partial charge in [0.2, 0.25) is 0 Å². The van der Waals surface area contributed by atoms with Crippen molar-refractivity contribution in [2.24, 2.45) is 5.92 Å². The van der Waals surface area contributed by atoms with Crippen molar-refractivity contribution < 1.29 is 14.3 Å². The molecule has 1 aromatic carbocycles. The minimum atomic E-state index is -0.223. The highest BCUT2D eigenvalue weighted by atomic mass is 16.5. The molecule has 0 aliphatic carbocycles. The smallest absolute Gasteiger partial charge is 0.319 e. The molecule has 0 unspecified atom stereocenters. The van der Waals surface area contributed by atoms with E-state index in [-0.39, 0.29) is 11.9 Å². The SMILES string of the molecule is CCOc1ccc(NC(=O)NCC2CCN(C(=O)c3ccncc3)CC2)cc1. The molecule has 1 fully saturated rings. The molecule has 3 amide bonds. The van der Waals surface area contributed by atoms with Crippen LogP contribution in [0, 0.1) is 5.92 Å². The number of nitrogens with one attached hydrogen (secondary N) is 2. The van der Waals surface area contributed by atoms with Crippen LogP contribution in [0.15, 0.2) is 48.8 Å². The Labute approximate surface area is 165 Å². The Balaban J connectivity index is 1.39. The zero-order valence-electron chi connectivity index (χ0n) is 16.1. The molecule has 1 aliphatic rings. The van der Waals surface area contributed by atoms with Gasteiger partial charge in [0.05, 0.1) is 6.61 Å². The van der Waals surface area contributed by atoms with Crippen LogP contribution in [-0.4, -0.2) is 48.1 Å². The number of anilines is 1. The second kappa shape index (κ2) is 9.73. The van der Waals surface area contributed by atoms with Crippen LogP contribution in [0.25, 0.3) is 0 Å². The molecule has 7 nitrogen and oxygen atoms in total. The fourth-order valence-corrected chi connectivity index (χ4v) is 3.23. The summed E-state index contributed by atoms with van der Waals surface area (Å²) in [6.07, 6.45) is 5.01. The number of piperidine rings is 1. The molecule has 148 valence electrons. The second-order valence-electron chi connectivity index (χ2n) is 6.76. The van der Waals surface area contributed by atoms with Gasteiger partial charge in [-0.2, -0.15) is 0 Å². The molecule has 7 heteroatoms. The van der Waals surface area contributed by atoms with Gasteiger partial charge in [-0.25, -0.2) is 4.79 Å². The normalized spacial score (nSPS) is 14.4. The average molecular weight is 382 g/mol. The number of hydrogen-bond acceptors (Lipinski definition) is 4. The van der Waals surface area contributed by atoms with Crippen LogP contribution in [-0.2, 0) is 0 Å². The van der Waals surface area contributed by atoms with Crippen molar-refractivity contribution in [3.63, 3.8) is 0 Å². The highest BCUT2D eigenvalue weighted by molar-refractivity contribution is 5.94. The van der Waals surface area contributed by atoms with Crippen LogP contribution in [0.2, 0.25) is 0 Å². The van der Waals surface area contributed by atoms with Gasteiger partial charge in [0.25, 0.3) is 5.91 Å². The first kappa shape index (κ1) is 19.7. The first-order valence-corrected chi connectivity index (χ1v) is 9.62. The van der Waals surface area contributed by atoms with E-state index in [1.807, 2.05) is 36.1 Å². The van der Waals surface area contributed by atoms with Gasteiger partial charge in [0.1, 0.15) is 5.75 Å². The van der Waals surface area contributed by atoms with Gasteiger partial charge in [-0.3, -0.25) is 9.78 Å². The number of aromatic nitrogens is 1. The third kappa shape index (κ3) is 5.45. The van der Waals surface area contributed by atoms with E-state index < -0.39 is 0 Å². The van der Waals surface area contributed by atoms with Crippen molar-refractivity contribution in [2.45, 2.75) is 19.8 Å². The summed E-state index contributed by atoms with van der Waals surface area (Å²) in [5.74, 6) is 1.19. The summed E-state index contributed by atoms with van der Waals surface area (Å²) in [5, 5.41) is 5.75.